The van der Waals surface area contributed by atoms with Gasteiger partial charge in [-0.15, -0.1) is 11.3 Å². The number of aliphatic carboxylic acids is 1. The highest BCUT2D eigenvalue weighted by Crippen LogP contribution is 2.32. The molecule has 0 saturated heterocycles. The Kier molecular flexibility index (Phi) is 3.66. The molecule has 0 aliphatic carbocycles. The maximum absolute atomic E-state index is 13.6. The number of carboxylic acid groups (broad SMARTS) is 1. The van der Waals surface area contributed by atoms with E-state index in [1.54, 1.807) is 6.07 Å². The molecule has 19 heavy (non-hydrogen) atoms. The maximum atomic E-state index is 13.6. The number of nitrogens with zero attached hydrogens (tertiary/aromatic N) is 1. The summed E-state index contributed by atoms with van der Waals surface area (Å²) in [6, 6.07) is 4.27. The zero-order valence-electron chi connectivity index (χ0n) is 9.97. The summed E-state index contributed by atoms with van der Waals surface area (Å²) in [4.78, 5) is 15.1. The number of methoxy groups -OCH3 is 1. The number of benzene rings is 1. The Balaban J connectivity index is 2.46. The number of halogens is 1. The zero-order chi connectivity index (χ0) is 14.0. The van der Waals surface area contributed by atoms with Crippen LogP contribution in [-0.4, -0.2) is 18.1 Å². The van der Waals surface area contributed by atoms with E-state index in [1.807, 2.05) is 0 Å². The second kappa shape index (κ2) is 5.23. The third kappa shape index (κ3) is 2.82. The first kappa shape index (κ1) is 13.3. The van der Waals surface area contributed by atoms with Crippen molar-refractivity contribution in [1.29, 1.82) is 0 Å². The fourth-order valence-corrected chi connectivity index (χ4v) is 2.50. The van der Waals surface area contributed by atoms with E-state index < -0.39 is 11.8 Å². The van der Waals surface area contributed by atoms with Crippen LogP contribution in [-0.2, 0) is 11.2 Å². The highest BCUT2D eigenvalue weighted by Gasteiger charge is 2.14. The highest BCUT2D eigenvalue weighted by molar-refractivity contribution is 7.15. The fourth-order valence-electron chi connectivity index (χ4n) is 1.66. The van der Waals surface area contributed by atoms with Crippen molar-refractivity contribution < 1.29 is 19.0 Å². The number of hydrogen-bond donors (Lipinski definition) is 1. The van der Waals surface area contributed by atoms with Gasteiger partial charge in [-0.3, -0.25) is 0 Å². The number of rotatable bonds is 4. The molecular weight excluding hydrogens is 271 g/mol. The third-order valence-electron chi connectivity index (χ3n) is 2.44. The summed E-state index contributed by atoms with van der Waals surface area (Å²) in [5, 5.41) is 10.9. The number of nitrogens with two attached hydrogens (primary N) is 1. The molecule has 7 heteroatoms. The summed E-state index contributed by atoms with van der Waals surface area (Å²) in [7, 11) is 1.36. The van der Waals surface area contributed by atoms with Gasteiger partial charge in [0.25, 0.3) is 0 Å². The van der Waals surface area contributed by atoms with Crippen LogP contribution in [0.1, 0.15) is 4.88 Å². The number of aromatic nitrogens is 1. The summed E-state index contributed by atoms with van der Waals surface area (Å²) in [6.45, 7) is 0. The van der Waals surface area contributed by atoms with Crippen molar-refractivity contribution in [1.82, 2.24) is 4.98 Å². The molecule has 5 nitrogen and oxygen atoms in total. The van der Waals surface area contributed by atoms with Crippen LogP contribution >= 0.6 is 11.3 Å². The zero-order valence-corrected chi connectivity index (χ0v) is 10.8. The molecule has 0 aliphatic rings. The van der Waals surface area contributed by atoms with Gasteiger partial charge in [0.2, 0.25) is 0 Å². The number of carbonyl (C=O) groups is 1. The van der Waals surface area contributed by atoms with Crippen LogP contribution in [0.4, 0.5) is 9.52 Å². The molecule has 1 heterocycles. The largest absolute Gasteiger partial charge is 0.550 e. The number of carboxylic acids is 1. The molecule has 1 aromatic carbocycles. The summed E-state index contributed by atoms with van der Waals surface area (Å²) in [5.74, 6) is -1.68. The molecule has 0 spiro atoms. The van der Waals surface area contributed by atoms with Gasteiger partial charge < -0.3 is 20.4 Å². The van der Waals surface area contributed by atoms with Crippen LogP contribution in [0.25, 0.3) is 11.3 Å². The van der Waals surface area contributed by atoms with Crippen LogP contribution in [0.2, 0.25) is 0 Å². The molecular formula is C12H10FN2O3S-. The van der Waals surface area contributed by atoms with Crippen LogP contribution in [0.15, 0.2) is 18.2 Å². The summed E-state index contributed by atoms with van der Waals surface area (Å²) in [5.41, 5.74) is 6.36. The Labute approximate surface area is 112 Å². The van der Waals surface area contributed by atoms with Gasteiger partial charge in [-0.1, -0.05) is 0 Å². The summed E-state index contributed by atoms with van der Waals surface area (Å²) < 4.78 is 18.4. The molecule has 0 fully saturated rings. The lowest BCUT2D eigenvalue weighted by atomic mass is 10.1. The molecule has 0 atom stereocenters. The molecule has 2 N–H and O–H groups in total. The van der Waals surface area contributed by atoms with Crippen molar-refractivity contribution in [2.75, 3.05) is 12.8 Å². The quantitative estimate of drug-likeness (QED) is 0.896. The molecule has 2 rings (SSSR count). The maximum Gasteiger partial charge on any atom is 0.180 e. The number of carbonyl (C=O) groups excluding carboxylic acids is 1. The smallest absolute Gasteiger partial charge is 0.180 e. The fraction of sp³-hybridized carbons (Fsp3) is 0.167. The van der Waals surface area contributed by atoms with E-state index in [-0.39, 0.29) is 17.3 Å². The van der Waals surface area contributed by atoms with Crippen molar-refractivity contribution >= 4 is 22.4 Å². The van der Waals surface area contributed by atoms with Crippen molar-refractivity contribution in [3.63, 3.8) is 0 Å². The van der Waals surface area contributed by atoms with Crippen LogP contribution < -0.4 is 15.6 Å². The summed E-state index contributed by atoms with van der Waals surface area (Å²) >= 11 is 1.05. The lowest BCUT2D eigenvalue weighted by Gasteiger charge is -2.06. The predicted molar refractivity (Wildman–Crippen MR) is 67.2 cm³/mol. The van der Waals surface area contributed by atoms with Crippen molar-refractivity contribution in [2.24, 2.45) is 0 Å². The van der Waals surface area contributed by atoms with E-state index >= 15 is 0 Å². The third-order valence-corrected chi connectivity index (χ3v) is 3.33. The minimum absolute atomic E-state index is 0.105. The Morgan fingerprint density at radius 1 is 1.58 bits per heavy atom. The number of nitrogen functional groups attached to an aromatic ring is 1. The van der Waals surface area contributed by atoms with Gasteiger partial charge in [0, 0.05) is 22.8 Å². The summed E-state index contributed by atoms with van der Waals surface area (Å²) in [6.07, 6.45) is -0.308. The highest BCUT2D eigenvalue weighted by atomic mass is 32.1. The first-order chi connectivity index (χ1) is 9.01. The second-order valence-corrected chi connectivity index (χ2v) is 4.84. The monoisotopic (exact) mass is 281 g/mol. The van der Waals surface area contributed by atoms with Crippen LogP contribution in [0.5, 0.6) is 5.75 Å². The van der Waals surface area contributed by atoms with Gasteiger partial charge in [-0.2, -0.15) is 0 Å². The first-order valence-corrected chi connectivity index (χ1v) is 6.12. The minimum atomic E-state index is -1.24. The molecule has 0 amide bonds. The van der Waals surface area contributed by atoms with Gasteiger partial charge >= 0.3 is 0 Å². The number of ether oxygens (including phenoxy) is 1. The van der Waals surface area contributed by atoms with E-state index in [9.17, 15) is 14.3 Å². The second-order valence-electron chi connectivity index (χ2n) is 3.72. The van der Waals surface area contributed by atoms with Gasteiger partial charge in [-0.05, 0) is 18.2 Å². The molecule has 0 unspecified atom stereocenters. The minimum Gasteiger partial charge on any atom is -0.550 e. The average Bonchev–Trinajstić information content (AvgIpc) is 2.69. The van der Waals surface area contributed by atoms with Gasteiger partial charge in [-0.25, -0.2) is 9.37 Å². The lowest BCUT2D eigenvalue weighted by molar-refractivity contribution is -0.304. The average molecular weight is 281 g/mol. The number of anilines is 1. The molecule has 2 aromatic rings. The molecule has 0 radical (unpaired) electrons. The van der Waals surface area contributed by atoms with E-state index in [4.69, 9.17) is 10.5 Å². The van der Waals surface area contributed by atoms with Gasteiger partial charge in [0.05, 0.1) is 12.8 Å². The topological polar surface area (TPSA) is 88.3 Å². The Bertz CT molecular complexity index is 627. The van der Waals surface area contributed by atoms with Crippen molar-refractivity contribution in [3.05, 3.63) is 28.9 Å². The first-order valence-electron chi connectivity index (χ1n) is 5.30. The van der Waals surface area contributed by atoms with Crippen molar-refractivity contribution in [3.8, 4) is 17.0 Å². The van der Waals surface area contributed by atoms with Gasteiger partial charge in [0.15, 0.2) is 16.7 Å². The predicted octanol–water partition coefficient (Wildman–Crippen LogP) is 0.832. The molecule has 0 bridgehead atoms. The Morgan fingerprint density at radius 2 is 2.32 bits per heavy atom. The Hall–Kier alpha value is -2.15. The van der Waals surface area contributed by atoms with E-state index in [0.29, 0.717) is 16.1 Å². The number of thiazole rings is 1. The Morgan fingerprint density at radius 3 is 2.89 bits per heavy atom. The molecule has 0 saturated carbocycles. The molecule has 1 aromatic heterocycles. The normalized spacial score (nSPS) is 10.4. The molecule has 0 aliphatic heterocycles. The standard InChI is InChI=1S/C12H11FN2O3S/c1-18-8-3-2-6(4-7(8)13)11-9(5-10(16)17)19-12(14)15-11/h2-4H,5H2,1H3,(H2,14,15)(H,16,17)/p-1. The lowest BCUT2D eigenvalue weighted by Crippen LogP contribution is -2.24. The van der Waals surface area contributed by atoms with Crippen LogP contribution in [0.3, 0.4) is 0 Å². The van der Waals surface area contributed by atoms with E-state index in [0.717, 1.165) is 11.3 Å². The van der Waals surface area contributed by atoms with Crippen molar-refractivity contribution in [2.45, 2.75) is 6.42 Å². The van der Waals surface area contributed by atoms with E-state index in [1.165, 1.54) is 19.2 Å². The SMILES string of the molecule is COc1ccc(-c2nc(N)sc2CC(=O)[O-])cc1F. The van der Waals surface area contributed by atoms with E-state index in [2.05, 4.69) is 4.98 Å². The van der Waals surface area contributed by atoms with Gasteiger partial charge in [0.1, 0.15) is 0 Å². The van der Waals surface area contributed by atoms with Crippen LogP contribution in [0, 0.1) is 5.82 Å². The molecule has 100 valence electrons. The number of hydrogen-bond acceptors (Lipinski definition) is 6.